The van der Waals surface area contributed by atoms with E-state index in [4.69, 9.17) is 16.3 Å². The average Bonchev–Trinajstić information content (AvgIpc) is 2.38. The lowest BCUT2D eigenvalue weighted by molar-refractivity contribution is -0.137. The minimum atomic E-state index is -4.44. The van der Waals surface area contributed by atoms with Crippen molar-refractivity contribution in [2.45, 2.75) is 16.1 Å². The van der Waals surface area contributed by atoms with Gasteiger partial charge in [0.1, 0.15) is 15.9 Å². The number of hydrogen-bond donors (Lipinski definition) is 0. The number of benzene rings is 1. The van der Waals surface area contributed by atoms with Crippen LogP contribution in [-0.4, -0.2) is 12.1 Å². The Kier molecular flexibility index (Phi) is 4.45. The molecule has 0 atom stereocenters. The lowest BCUT2D eigenvalue weighted by Crippen LogP contribution is -2.05. The number of halogens is 4. The van der Waals surface area contributed by atoms with Crippen molar-refractivity contribution < 1.29 is 17.9 Å². The maximum atomic E-state index is 12.7. The SMILES string of the molecule is COc1ccc(Sc2cc(C(F)(F)F)cc(Cl)n2)cc1. The summed E-state index contributed by atoms with van der Waals surface area (Å²) in [6.07, 6.45) is -4.44. The smallest absolute Gasteiger partial charge is 0.416 e. The van der Waals surface area contributed by atoms with Crippen molar-refractivity contribution in [1.82, 2.24) is 4.98 Å². The number of rotatable bonds is 3. The standard InChI is InChI=1S/C13H9ClF3NOS/c1-19-9-2-4-10(5-3-9)20-12-7-8(13(15,16)17)6-11(14)18-12/h2-7H,1H3. The van der Waals surface area contributed by atoms with Gasteiger partial charge in [-0.1, -0.05) is 23.4 Å². The van der Waals surface area contributed by atoms with Crippen molar-refractivity contribution >= 4 is 23.4 Å². The van der Waals surface area contributed by atoms with Crippen molar-refractivity contribution in [2.75, 3.05) is 7.11 Å². The van der Waals surface area contributed by atoms with E-state index in [1.165, 1.54) is 7.11 Å². The zero-order valence-electron chi connectivity index (χ0n) is 10.2. The van der Waals surface area contributed by atoms with Crippen molar-refractivity contribution in [2.24, 2.45) is 0 Å². The van der Waals surface area contributed by atoms with Crippen LogP contribution < -0.4 is 4.74 Å². The van der Waals surface area contributed by atoms with Crippen molar-refractivity contribution in [1.29, 1.82) is 0 Å². The molecule has 0 saturated heterocycles. The Morgan fingerprint density at radius 2 is 1.80 bits per heavy atom. The second-order valence-electron chi connectivity index (χ2n) is 3.79. The Bertz CT molecular complexity index is 602. The van der Waals surface area contributed by atoms with Gasteiger partial charge in [-0.25, -0.2) is 4.98 Å². The Balaban J connectivity index is 2.26. The van der Waals surface area contributed by atoms with Crippen molar-refractivity contribution in [3.05, 3.63) is 47.1 Å². The number of nitrogens with zero attached hydrogens (tertiary/aromatic N) is 1. The molecule has 2 aromatic rings. The van der Waals surface area contributed by atoms with Gasteiger partial charge in [0.05, 0.1) is 12.7 Å². The molecule has 0 saturated carbocycles. The fourth-order valence-electron chi connectivity index (χ4n) is 1.45. The van der Waals surface area contributed by atoms with E-state index >= 15 is 0 Å². The van der Waals surface area contributed by atoms with Crippen LogP contribution in [0.5, 0.6) is 5.75 Å². The van der Waals surface area contributed by atoms with Crippen LogP contribution >= 0.6 is 23.4 Å². The van der Waals surface area contributed by atoms with Crippen LogP contribution in [0.15, 0.2) is 46.3 Å². The fraction of sp³-hybridized carbons (Fsp3) is 0.154. The molecule has 0 unspecified atom stereocenters. The molecule has 2 rings (SSSR count). The highest BCUT2D eigenvalue weighted by Crippen LogP contribution is 2.35. The van der Waals surface area contributed by atoms with Crippen molar-refractivity contribution in [3.8, 4) is 5.75 Å². The molecule has 1 aromatic carbocycles. The molecular weight excluding hydrogens is 311 g/mol. The summed E-state index contributed by atoms with van der Waals surface area (Å²) in [4.78, 5) is 4.63. The minimum absolute atomic E-state index is 0.184. The zero-order valence-corrected chi connectivity index (χ0v) is 11.8. The maximum Gasteiger partial charge on any atom is 0.416 e. The molecule has 0 amide bonds. The third-order valence-corrected chi connectivity index (χ3v) is 3.50. The lowest BCUT2D eigenvalue weighted by Gasteiger charge is -2.09. The molecule has 2 nitrogen and oxygen atoms in total. The molecule has 0 fully saturated rings. The number of pyridine rings is 1. The van der Waals surface area contributed by atoms with Crippen LogP contribution in [0, 0.1) is 0 Å². The Morgan fingerprint density at radius 1 is 1.15 bits per heavy atom. The van der Waals surface area contributed by atoms with E-state index in [0.29, 0.717) is 5.75 Å². The number of methoxy groups -OCH3 is 1. The maximum absolute atomic E-state index is 12.7. The highest BCUT2D eigenvalue weighted by molar-refractivity contribution is 7.99. The normalized spacial score (nSPS) is 11.4. The summed E-state index contributed by atoms with van der Waals surface area (Å²) in [5.74, 6) is 0.671. The van der Waals surface area contributed by atoms with Gasteiger partial charge >= 0.3 is 6.18 Å². The summed E-state index contributed by atoms with van der Waals surface area (Å²) in [5.41, 5.74) is -0.812. The highest BCUT2D eigenvalue weighted by Gasteiger charge is 2.31. The van der Waals surface area contributed by atoms with Gasteiger partial charge in [0, 0.05) is 4.90 Å². The fourth-order valence-corrected chi connectivity index (χ4v) is 2.56. The Morgan fingerprint density at radius 3 is 2.35 bits per heavy atom. The van der Waals surface area contributed by atoms with Crippen LogP contribution in [-0.2, 0) is 6.18 Å². The second-order valence-corrected chi connectivity index (χ2v) is 5.27. The van der Waals surface area contributed by atoms with Gasteiger partial charge in [0.15, 0.2) is 0 Å². The number of alkyl halides is 3. The molecule has 0 spiro atoms. The first-order chi connectivity index (χ1) is 9.38. The van der Waals surface area contributed by atoms with Gasteiger partial charge in [0.2, 0.25) is 0 Å². The van der Waals surface area contributed by atoms with E-state index in [2.05, 4.69) is 4.98 Å². The van der Waals surface area contributed by atoms with E-state index in [-0.39, 0.29) is 10.2 Å². The molecule has 20 heavy (non-hydrogen) atoms. The molecule has 0 aliphatic rings. The summed E-state index contributed by atoms with van der Waals surface area (Å²) < 4.78 is 43.0. The molecule has 1 aromatic heterocycles. The van der Waals surface area contributed by atoms with Crippen LogP contribution in [0.4, 0.5) is 13.2 Å². The largest absolute Gasteiger partial charge is 0.497 e. The molecule has 0 bridgehead atoms. The van der Waals surface area contributed by atoms with E-state index in [9.17, 15) is 13.2 Å². The molecule has 106 valence electrons. The third-order valence-electron chi connectivity index (χ3n) is 2.38. The van der Waals surface area contributed by atoms with Crippen LogP contribution in [0.2, 0.25) is 5.15 Å². The monoisotopic (exact) mass is 319 g/mol. The zero-order chi connectivity index (χ0) is 14.8. The molecule has 7 heteroatoms. The topological polar surface area (TPSA) is 22.1 Å². The first-order valence-electron chi connectivity index (χ1n) is 5.45. The predicted octanol–water partition coefficient (Wildman–Crippen LogP) is 4.91. The summed E-state index contributed by atoms with van der Waals surface area (Å²) in [7, 11) is 1.54. The van der Waals surface area contributed by atoms with E-state index in [1.54, 1.807) is 24.3 Å². The minimum Gasteiger partial charge on any atom is -0.497 e. The predicted molar refractivity (Wildman–Crippen MR) is 71.4 cm³/mol. The van der Waals surface area contributed by atoms with E-state index in [0.717, 1.165) is 28.8 Å². The quantitative estimate of drug-likeness (QED) is 0.750. The van der Waals surface area contributed by atoms with Gasteiger partial charge in [-0.15, -0.1) is 0 Å². The third kappa shape index (κ3) is 3.80. The lowest BCUT2D eigenvalue weighted by atomic mass is 10.3. The first kappa shape index (κ1) is 15.0. The summed E-state index contributed by atoms with van der Waals surface area (Å²) in [6.45, 7) is 0. The van der Waals surface area contributed by atoms with Gasteiger partial charge in [-0.05, 0) is 36.4 Å². The van der Waals surface area contributed by atoms with Gasteiger partial charge in [-0.2, -0.15) is 13.2 Å². The molecule has 0 aliphatic carbocycles. The number of aromatic nitrogens is 1. The van der Waals surface area contributed by atoms with Gasteiger partial charge in [0.25, 0.3) is 0 Å². The van der Waals surface area contributed by atoms with Crippen molar-refractivity contribution in [3.63, 3.8) is 0 Å². The first-order valence-corrected chi connectivity index (χ1v) is 6.64. The molecule has 1 heterocycles. The highest BCUT2D eigenvalue weighted by atomic mass is 35.5. The summed E-state index contributed by atoms with van der Waals surface area (Å²) in [6, 6.07) is 8.69. The number of hydrogen-bond acceptors (Lipinski definition) is 3. The van der Waals surface area contributed by atoms with Crippen LogP contribution in [0.25, 0.3) is 0 Å². The van der Waals surface area contributed by atoms with Gasteiger partial charge < -0.3 is 4.74 Å². The Hall–Kier alpha value is -1.40. The summed E-state index contributed by atoms with van der Waals surface area (Å²) in [5, 5.41) is 0.00540. The van der Waals surface area contributed by atoms with Crippen LogP contribution in [0.3, 0.4) is 0 Å². The van der Waals surface area contributed by atoms with E-state index < -0.39 is 11.7 Å². The second kappa shape index (κ2) is 5.93. The van der Waals surface area contributed by atoms with E-state index in [1.807, 2.05) is 0 Å². The number of ether oxygens (including phenoxy) is 1. The molecule has 0 aliphatic heterocycles. The van der Waals surface area contributed by atoms with Gasteiger partial charge in [-0.3, -0.25) is 0 Å². The summed E-state index contributed by atoms with van der Waals surface area (Å²) >= 11 is 6.73. The average molecular weight is 320 g/mol. The molecular formula is C13H9ClF3NOS. The Labute approximate surface area is 122 Å². The molecule has 0 radical (unpaired) electrons. The van der Waals surface area contributed by atoms with Crippen LogP contribution in [0.1, 0.15) is 5.56 Å². The molecule has 0 N–H and O–H groups in total.